The molecule has 1 aliphatic carbocycles. The number of nitrogens with zero attached hydrogens (tertiary/aromatic N) is 1. The number of fused-ring (bicyclic) bond motifs is 1. The topological polar surface area (TPSA) is 35.5 Å². The lowest BCUT2D eigenvalue weighted by molar-refractivity contribution is 0.162. The van der Waals surface area contributed by atoms with Crippen molar-refractivity contribution in [2.75, 3.05) is 30.4 Å². The first-order valence-electron chi connectivity index (χ1n) is 5.97. The van der Waals surface area contributed by atoms with E-state index >= 15 is 0 Å². The molecule has 0 aromatic heterocycles. The fourth-order valence-electron chi connectivity index (χ4n) is 2.94. The molecule has 3 heteroatoms. The van der Waals surface area contributed by atoms with Crippen molar-refractivity contribution in [1.82, 2.24) is 0 Å². The maximum Gasteiger partial charge on any atom is 0.117 e. The summed E-state index contributed by atoms with van der Waals surface area (Å²) >= 11 is 0. The summed E-state index contributed by atoms with van der Waals surface area (Å²) < 4.78 is 0. The average molecular weight is 218 g/mol. The van der Waals surface area contributed by atoms with Gasteiger partial charge in [0, 0.05) is 31.6 Å². The zero-order chi connectivity index (χ0) is 11.2. The van der Waals surface area contributed by atoms with E-state index in [2.05, 4.69) is 17.3 Å². The summed E-state index contributed by atoms with van der Waals surface area (Å²) in [5.74, 6) is 0.337. The molecule has 3 rings (SSSR count). The highest BCUT2D eigenvalue weighted by Gasteiger charge is 2.39. The minimum atomic E-state index is 0.337. The molecule has 1 aromatic carbocycles. The SMILES string of the molecule is CN1CC2(CCC2)CNc2cc(O)ccc21. The first-order valence-corrected chi connectivity index (χ1v) is 5.97. The molecule has 1 heterocycles. The van der Waals surface area contributed by atoms with Crippen molar-refractivity contribution in [3.63, 3.8) is 0 Å². The van der Waals surface area contributed by atoms with E-state index in [1.165, 1.54) is 24.9 Å². The van der Waals surface area contributed by atoms with Crippen molar-refractivity contribution in [1.29, 1.82) is 0 Å². The Kier molecular flexibility index (Phi) is 2.03. The summed E-state index contributed by atoms with van der Waals surface area (Å²) in [6, 6.07) is 5.58. The maximum absolute atomic E-state index is 9.51. The van der Waals surface area contributed by atoms with Gasteiger partial charge in [0.15, 0.2) is 0 Å². The highest BCUT2D eigenvalue weighted by Crippen LogP contribution is 2.45. The Bertz CT molecular complexity index is 412. The number of benzene rings is 1. The standard InChI is InChI=1S/C13H18N2O/c1-15-9-13(5-2-6-13)8-14-11-7-10(16)3-4-12(11)15/h3-4,7,14,16H,2,5-6,8-9H2,1H3. The van der Waals surface area contributed by atoms with Crippen molar-refractivity contribution in [2.24, 2.45) is 5.41 Å². The van der Waals surface area contributed by atoms with Crippen LogP contribution in [0.15, 0.2) is 18.2 Å². The first kappa shape index (κ1) is 9.82. The molecule has 1 aliphatic heterocycles. The Morgan fingerprint density at radius 2 is 2.19 bits per heavy atom. The number of hydrogen-bond donors (Lipinski definition) is 2. The van der Waals surface area contributed by atoms with Crippen molar-refractivity contribution in [3.05, 3.63) is 18.2 Å². The number of phenolic OH excluding ortho intramolecular Hbond substituents is 1. The van der Waals surface area contributed by atoms with Gasteiger partial charge in [-0.3, -0.25) is 0 Å². The van der Waals surface area contributed by atoms with E-state index in [0.29, 0.717) is 11.2 Å². The van der Waals surface area contributed by atoms with Crippen molar-refractivity contribution in [3.8, 4) is 5.75 Å². The van der Waals surface area contributed by atoms with Crippen LogP contribution in [0.4, 0.5) is 11.4 Å². The Balaban J connectivity index is 1.95. The lowest BCUT2D eigenvalue weighted by Crippen LogP contribution is -2.43. The van der Waals surface area contributed by atoms with Gasteiger partial charge >= 0.3 is 0 Å². The van der Waals surface area contributed by atoms with E-state index in [4.69, 9.17) is 0 Å². The van der Waals surface area contributed by atoms with Crippen LogP contribution < -0.4 is 10.2 Å². The molecular formula is C13H18N2O. The van der Waals surface area contributed by atoms with E-state index in [0.717, 1.165) is 18.8 Å². The number of aromatic hydroxyl groups is 1. The molecule has 3 nitrogen and oxygen atoms in total. The molecule has 0 amide bonds. The monoisotopic (exact) mass is 218 g/mol. The third kappa shape index (κ3) is 1.42. The second-order valence-electron chi connectivity index (χ2n) is 5.26. The molecule has 86 valence electrons. The van der Waals surface area contributed by atoms with Crippen molar-refractivity contribution < 1.29 is 5.11 Å². The molecule has 0 unspecified atom stereocenters. The largest absolute Gasteiger partial charge is 0.508 e. The molecule has 0 bridgehead atoms. The third-order valence-corrected chi connectivity index (χ3v) is 4.03. The highest BCUT2D eigenvalue weighted by atomic mass is 16.3. The van der Waals surface area contributed by atoms with Crippen molar-refractivity contribution in [2.45, 2.75) is 19.3 Å². The zero-order valence-electron chi connectivity index (χ0n) is 9.66. The molecule has 1 spiro atoms. The van der Waals surface area contributed by atoms with E-state index in [-0.39, 0.29) is 0 Å². The fourth-order valence-corrected chi connectivity index (χ4v) is 2.94. The van der Waals surface area contributed by atoms with Gasteiger partial charge in [-0.25, -0.2) is 0 Å². The Morgan fingerprint density at radius 1 is 1.38 bits per heavy atom. The molecule has 1 aromatic rings. The molecule has 0 atom stereocenters. The van der Waals surface area contributed by atoms with Crippen LogP contribution in [-0.2, 0) is 0 Å². The molecule has 2 aliphatic rings. The van der Waals surface area contributed by atoms with Crippen LogP contribution in [0.1, 0.15) is 19.3 Å². The van der Waals surface area contributed by atoms with E-state index < -0.39 is 0 Å². The van der Waals surface area contributed by atoms with Gasteiger partial charge in [0.1, 0.15) is 5.75 Å². The minimum Gasteiger partial charge on any atom is -0.508 e. The fraction of sp³-hybridized carbons (Fsp3) is 0.538. The molecule has 2 N–H and O–H groups in total. The molecule has 16 heavy (non-hydrogen) atoms. The van der Waals surface area contributed by atoms with Crippen LogP contribution >= 0.6 is 0 Å². The Hall–Kier alpha value is -1.38. The summed E-state index contributed by atoms with van der Waals surface area (Å²) in [4.78, 5) is 2.31. The minimum absolute atomic E-state index is 0.337. The van der Waals surface area contributed by atoms with E-state index in [1.807, 2.05) is 12.1 Å². The van der Waals surface area contributed by atoms with Gasteiger partial charge < -0.3 is 15.3 Å². The quantitative estimate of drug-likeness (QED) is 0.702. The smallest absolute Gasteiger partial charge is 0.117 e. The second-order valence-corrected chi connectivity index (χ2v) is 5.26. The normalized spacial score (nSPS) is 21.9. The number of anilines is 2. The molecular weight excluding hydrogens is 200 g/mol. The summed E-state index contributed by atoms with van der Waals surface area (Å²) in [5, 5.41) is 13.0. The Morgan fingerprint density at radius 3 is 2.88 bits per heavy atom. The average Bonchev–Trinajstić information content (AvgIpc) is 2.35. The molecule has 1 fully saturated rings. The summed E-state index contributed by atoms with van der Waals surface area (Å²) in [6.45, 7) is 2.16. The van der Waals surface area contributed by atoms with Gasteiger partial charge in [-0.1, -0.05) is 6.42 Å². The van der Waals surface area contributed by atoms with Gasteiger partial charge in [-0.2, -0.15) is 0 Å². The van der Waals surface area contributed by atoms with E-state index in [9.17, 15) is 5.11 Å². The number of rotatable bonds is 0. The highest BCUT2D eigenvalue weighted by molar-refractivity contribution is 5.72. The van der Waals surface area contributed by atoms with Crippen molar-refractivity contribution >= 4 is 11.4 Å². The summed E-state index contributed by atoms with van der Waals surface area (Å²) in [5.41, 5.74) is 2.72. The lowest BCUT2D eigenvalue weighted by atomic mass is 9.68. The maximum atomic E-state index is 9.51. The first-order chi connectivity index (χ1) is 7.69. The summed E-state index contributed by atoms with van der Waals surface area (Å²) in [7, 11) is 2.14. The second kappa shape index (κ2) is 3.30. The van der Waals surface area contributed by atoms with Crippen LogP contribution in [-0.4, -0.2) is 25.2 Å². The predicted molar refractivity (Wildman–Crippen MR) is 66.2 cm³/mol. The number of hydrogen-bond acceptors (Lipinski definition) is 3. The molecule has 1 saturated carbocycles. The van der Waals surface area contributed by atoms with Crippen LogP contribution in [0.3, 0.4) is 0 Å². The van der Waals surface area contributed by atoms with Gasteiger partial charge in [-0.05, 0) is 25.0 Å². The van der Waals surface area contributed by atoms with Gasteiger partial charge in [-0.15, -0.1) is 0 Å². The van der Waals surface area contributed by atoms with E-state index in [1.54, 1.807) is 6.07 Å². The third-order valence-electron chi connectivity index (χ3n) is 4.03. The van der Waals surface area contributed by atoms with Crippen LogP contribution in [0, 0.1) is 5.41 Å². The molecule has 0 saturated heterocycles. The van der Waals surface area contributed by atoms with Gasteiger partial charge in [0.25, 0.3) is 0 Å². The summed E-state index contributed by atoms with van der Waals surface area (Å²) in [6.07, 6.45) is 4.01. The molecule has 0 radical (unpaired) electrons. The predicted octanol–water partition coefficient (Wildman–Crippen LogP) is 2.42. The Labute approximate surface area is 96.1 Å². The van der Waals surface area contributed by atoms with Crippen LogP contribution in [0.5, 0.6) is 5.75 Å². The number of nitrogens with one attached hydrogen (secondary N) is 1. The zero-order valence-corrected chi connectivity index (χ0v) is 9.66. The van der Waals surface area contributed by atoms with Gasteiger partial charge in [0.2, 0.25) is 0 Å². The number of phenols is 1. The van der Waals surface area contributed by atoms with Gasteiger partial charge in [0.05, 0.1) is 11.4 Å². The lowest BCUT2D eigenvalue weighted by Gasteiger charge is -2.43. The van der Waals surface area contributed by atoms with Crippen LogP contribution in [0.2, 0.25) is 0 Å². The van der Waals surface area contributed by atoms with Crippen LogP contribution in [0.25, 0.3) is 0 Å².